The molecule has 0 fully saturated rings. The lowest BCUT2D eigenvalue weighted by molar-refractivity contribution is 0.0697. The second-order valence-electron chi connectivity index (χ2n) is 3.96. The minimum absolute atomic E-state index is 0.0761. The number of aromatic nitrogens is 2. The standard InChI is InChI=1S/C13H12ClN3O2/c1-8(10-4-2-3-7-15-10)16-12-9(13(18)19)5-6-11(14)17-12/h2-8H,1H3,(H,16,17)(H,18,19). The van der Waals surface area contributed by atoms with Crippen molar-refractivity contribution in [1.82, 2.24) is 9.97 Å². The Morgan fingerprint density at radius 1 is 1.37 bits per heavy atom. The summed E-state index contributed by atoms with van der Waals surface area (Å²) in [5, 5.41) is 12.3. The molecule has 1 unspecified atom stereocenters. The number of nitrogens with one attached hydrogen (secondary N) is 1. The summed E-state index contributed by atoms with van der Waals surface area (Å²) in [7, 11) is 0. The van der Waals surface area contributed by atoms with E-state index in [1.54, 1.807) is 6.20 Å². The van der Waals surface area contributed by atoms with Crippen LogP contribution in [0.4, 0.5) is 5.82 Å². The van der Waals surface area contributed by atoms with Gasteiger partial charge in [0.15, 0.2) is 0 Å². The molecule has 0 amide bonds. The van der Waals surface area contributed by atoms with Crippen molar-refractivity contribution in [2.45, 2.75) is 13.0 Å². The number of hydrogen-bond acceptors (Lipinski definition) is 4. The molecule has 2 N–H and O–H groups in total. The van der Waals surface area contributed by atoms with Crippen LogP contribution < -0.4 is 5.32 Å². The zero-order valence-electron chi connectivity index (χ0n) is 10.2. The molecule has 0 aliphatic heterocycles. The largest absolute Gasteiger partial charge is 0.478 e. The van der Waals surface area contributed by atoms with Crippen LogP contribution in [0.3, 0.4) is 0 Å². The van der Waals surface area contributed by atoms with Gasteiger partial charge in [0.25, 0.3) is 0 Å². The number of carboxylic acid groups (broad SMARTS) is 1. The Morgan fingerprint density at radius 3 is 2.79 bits per heavy atom. The average molecular weight is 278 g/mol. The van der Waals surface area contributed by atoms with E-state index in [2.05, 4.69) is 15.3 Å². The molecule has 0 bridgehead atoms. The number of aromatic carboxylic acids is 1. The molecule has 1 atom stereocenters. The fourth-order valence-corrected chi connectivity index (χ4v) is 1.78. The Labute approximate surface area is 115 Å². The SMILES string of the molecule is CC(Nc1nc(Cl)ccc1C(=O)O)c1ccccn1. The van der Waals surface area contributed by atoms with E-state index in [1.807, 2.05) is 25.1 Å². The van der Waals surface area contributed by atoms with Gasteiger partial charge in [-0.25, -0.2) is 9.78 Å². The third-order valence-corrected chi connectivity index (χ3v) is 2.79. The molecule has 19 heavy (non-hydrogen) atoms. The maximum absolute atomic E-state index is 11.1. The second-order valence-corrected chi connectivity index (χ2v) is 4.34. The molecule has 2 heterocycles. The third kappa shape index (κ3) is 3.20. The van der Waals surface area contributed by atoms with Crippen LogP contribution in [0.2, 0.25) is 5.15 Å². The van der Waals surface area contributed by atoms with Gasteiger partial charge in [-0.2, -0.15) is 0 Å². The van der Waals surface area contributed by atoms with E-state index in [-0.39, 0.29) is 22.6 Å². The van der Waals surface area contributed by atoms with Crippen molar-refractivity contribution in [3.63, 3.8) is 0 Å². The number of halogens is 1. The topological polar surface area (TPSA) is 75.1 Å². The van der Waals surface area contributed by atoms with Crippen molar-refractivity contribution < 1.29 is 9.90 Å². The van der Waals surface area contributed by atoms with E-state index in [0.29, 0.717) is 0 Å². The van der Waals surface area contributed by atoms with Crippen molar-refractivity contribution in [3.05, 3.63) is 52.9 Å². The van der Waals surface area contributed by atoms with Crippen molar-refractivity contribution >= 4 is 23.4 Å². The van der Waals surface area contributed by atoms with Gasteiger partial charge >= 0.3 is 5.97 Å². The Kier molecular flexibility index (Phi) is 3.97. The molecule has 0 saturated heterocycles. The number of rotatable bonds is 4. The molecule has 2 aromatic heterocycles. The average Bonchev–Trinajstić information content (AvgIpc) is 2.39. The minimum Gasteiger partial charge on any atom is -0.478 e. The summed E-state index contributed by atoms with van der Waals surface area (Å²) in [4.78, 5) is 19.3. The zero-order valence-corrected chi connectivity index (χ0v) is 10.9. The molecular formula is C13H12ClN3O2. The van der Waals surface area contributed by atoms with Gasteiger partial charge in [0, 0.05) is 6.20 Å². The molecule has 0 aliphatic carbocycles. The summed E-state index contributed by atoms with van der Waals surface area (Å²) in [5.74, 6) is -0.821. The van der Waals surface area contributed by atoms with Gasteiger partial charge in [-0.15, -0.1) is 0 Å². The third-order valence-electron chi connectivity index (χ3n) is 2.58. The van der Waals surface area contributed by atoms with Crippen LogP contribution in [-0.2, 0) is 0 Å². The Hall–Kier alpha value is -2.14. The summed E-state index contributed by atoms with van der Waals surface area (Å²) in [5.41, 5.74) is 0.868. The number of carbonyl (C=O) groups is 1. The summed E-state index contributed by atoms with van der Waals surface area (Å²) >= 11 is 5.79. The molecule has 98 valence electrons. The molecule has 0 aliphatic rings. The molecule has 0 aromatic carbocycles. The van der Waals surface area contributed by atoms with E-state index >= 15 is 0 Å². The number of nitrogens with zero attached hydrogens (tertiary/aromatic N) is 2. The van der Waals surface area contributed by atoms with Crippen LogP contribution in [0.5, 0.6) is 0 Å². The van der Waals surface area contributed by atoms with Gasteiger partial charge in [0.05, 0.1) is 11.7 Å². The van der Waals surface area contributed by atoms with E-state index in [1.165, 1.54) is 12.1 Å². The van der Waals surface area contributed by atoms with Crippen LogP contribution in [0.25, 0.3) is 0 Å². The van der Waals surface area contributed by atoms with E-state index in [0.717, 1.165) is 5.69 Å². The van der Waals surface area contributed by atoms with Crippen molar-refractivity contribution in [1.29, 1.82) is 0 Å². The highest BCUT2D eigenvalue weighted by Crippen LogP contribution is 2.21. The molecular weight excluding hydrogens is 266 g/mol. The highest BCUT2D eigenvalue weighted by atomic mass is 35.5. The van der Waals surface area contributed by atoms with Crippen LogP contribution in [0.1, 0.15) is 29.0 Å². The molecule has 2 rings (SSSR count). The highest BCUT2D eigenvalue weighted by molar-refractivity contribution is 6.29. The molecule has 6 heteroatoms. The lowest BCUT2D eigenvalue weighted by Crippen LogP contribution is -2.13. The summed E-state index contributed by atoms with van der Waals surface area (Å²) in [6, 6.07) is 8.22. The first-order chi connectivity index (χ1) is 9.08. The predicted molar refractivity (Wildman–Crippen MR) is 72.5 cm³/mol. The maximum Gasteiger partial charge on any atom is 0.339 e. The highest BCUT2D eigenvalue weighted by Gasteiger charge is 2.15. The van der Waals surface area contributed by atoms with Gasteiger partial charge in [-0.1, -0.05) is 17.7 Å². The van der Waals surface area contributed by atoms with Gasteiger partial charge < -0.3 is 10.4 Å². The summed E-state index contributed by atoms with van der Waals surface area (Å²) in [6.07, 6.45) is 1.68. The van der Waals surface area contributed by atoms with Crippen LogP contribution in [-0.4, -0.2) is 21.0 Å². The van der Waals surface area contributed by atoms with E-state index in [9.17, 15) is 4.79 Å². The predicted octanol–water partition coefficient (Wildman–Crippen LogP) is 3.00. The van der Waals surface area contributed by atoms with Crippen molar-refractivity contribution in [3.8, 4) is 0 Å². The first-order valence-corrected chi connectivity index (χ1v) is 6.03. The Bertz CT molecular complexity index is 590. The Morgan fingerprint density at radius 2 is 2.16 bits per heavy atom. The normalized spacial score (nSPS) is 11.9. The quantitative estimate of drug-likeness (QED) is 0.840. The van der Waals surface area contributed by atoms with E-state index in [4.69, 9.17) is 16.7 Å². The van der Waals surface area contributed by atoms with Crippen molar-refractivity contribution in [2.24, 2.45) is 0 Å². The van der Waals surface area contributed by atoms with Crippen LogP contribution >= 0.6 is 11.6 Å². The second kappa shape index (κ2) is 5.67. The van der Waals surface area contributed by atoms with Gasteiger partial charge in [-0.05, 0) is 31.2 Å². The fraction of sp³-hybridized carbons (Fsp3) is 0.154. The number of carboxylic acids is 1. The number of hydrogen-bond donors (Lipinski definition) is 2. The molecule has 0 radical (unpaired) electrons. The van der Waals surface area contributed by atoms with Crippen LogP contribution in [0.15, 0.2) is 36.5 Å². The van der Waals surface area contributed by atoms with Gasteiger partial charge in [-0.3, -0.25) is 4.98 Å². The lowest BCUT2D eigenvalue weighted by Gasteiger charge is -2.15. The number of anilines is 1. The lowest BCUT2D eigenvalue weighted by atomic mass is 10.2. The van der Waals surface area contributed by atoms with Gasteiger partial charge in [0.2, 0.25) is 0 Å². The monoisotopic (exact) mass is 277 g/mol. The smallest absolute Gasteiger partial charge is 0.339 e. The summed E-state index contributed by atoms with van der Waals surface area (Å²) < 4.78 is 0. The zero-order chi connectivity index (χ0) is 13.8. The first kappa shape index (κ1) is 13.3. The Balaban J connectivity index is 2.28. The van der Waals surface area contributed by atoms with E-state index < -0.39 is 5.97 Å². The molecule has 2 aromatic rings. The minimum atomic E-state index is -1.06. The summed E-state index contributed by atoms with van der Waals surface area (Å²) in [6.45, 7) is 1.87. The fourth-order valence-electron chi connectivity index (χ4n) is 1.63. The number of pyridine rings is 2. The van der Waals surface area contributed by atoms with Crippen molar-refractivity contribution in [2.75, 3.05) is 5.32 Å². The maximum atomic E-state index is 11.1. The molecule has 0 saturated carbocycles. The molecule has 0 spiro atoms. The van der Waals surface area contributed by atoms with Gasteiger partial charge in [0.1, 0.15) is 16.5 Å². The first-order valence-electron chi connectivity index (χ1n) is 5.65. The molecule has 5 nitrogen and oxygen atoms in total. The van der Waals surface area contributed by atoms with Crippen LogP contribution in [0, 0.1) is 0 Å².